The lowest BCUT2D eigenvalue weighted by Crippen LogP contribution is -2.07. The number of nitrogens with one attached hydrogen (secondary N) is 1. The van der Waals surface area contributed by atoms with E-state index in [4.69, 9.17) is 5.26 Å². The van der Waals surface area contributed by atoms with E-state index in [0.29, 0.717) is 5.56 Å². The van der Waals surface area contributed by atoms with Gasteiger partial charge in [0, 0.05) is 18.4 Å². The van der Waals surface area contributed by atoms with Crippen LogP contribution >= 0.6 is 0 Å². The Morgan fingerprint density at radius 2 is 1.88 bits per heavy atom. The number of hydrogen-bond donors (Lipinski definition) is 1. The molecule has 3 heteroatoms. The summed E-state index contributed by atoms with van der Waals surface area (Å²) in [5, 5.41) is 12.3. The Bertz CT molecular complexity index is 529. The van der Waals surface area contributed by atoms with Crippen molar-refractivity contribution in [1.82, 2.24) is 4.98 Å². The zero-order chi connectivity index (χ0) is 12.1. The molecule has 0 fully saturated rings. The maximum atomic E-state index is 9.00. The lowest BCUT2D eigenvalue weighted by molar-refractivity contribution is 0.880. The van der Waals surface area contributed by atoms with Gasteiger partial charge in [0.15, 0.2) is 0 Å². The number of anilines is 1. The topological polar surface area (TPSA) is 48.7 Å². The average Bonchev–Trinajstić information content (AvgIpc) is 2.40. The molecule has 0 radical (unpaired) electrons. The van der Waals surface area contributed by atoms with Gasteiger partial charge in [-0.15, -0.1) is 0 Å². The molecule has 1 N–H and O–H groups in total. The molecule has 2 rings (SSSR count). The maximum absolute atomic E-state index is 9.00. The van der Waals surface area contributed by atoms with Crippen molar-refractivity contribution in [2.24, 2.45) is 0 Å². The monoisotopic (exact) mass is 223 g/mol. The molecule has 2 aromatic rings. The van der Waals surface area contributed by atoms with Crippen molar-refractivity contribution in [3.63, 3.8) is 0 Å². The molecule has 0 aliphatic carbocycles. The fraction of sp³-hybridized carbons (Fsp3) is 0.143. The van der Waals surface area contributed by atoms with Crippen LogP contribution < -0.4 is 5.32 Å². The van der Waals surface area contributed by atoms with Crippen molar-refractivity contribution in [3.05, 3.63) is 59.9 Å². The molecule has 1 atom stereocenters. The van der Waals surface area contributed by atoms with E-state index in [1.165, 1.54) is 0 Å². The van der Waals surface area contributed by atoms with Gasteiger partial charge in [0.05, 0.1) is 11.3 Å². The largest absolute Gasteiger partial charge is 0.377 e. The predicted octanol–water partition coefficient (Wildman–Crippen LogP) is 3.13. The summed E-state index contributed by atoms with van der Waals surface area (Å²) >= 11 is 0. The van der Waals surface area contributed by atoms with Crippen LogP contribution in [-0.4, -0.2) is 4.98 Å². The van der Waals surface area contributed by atoms with Crippen molar-refractivity contribution in [3.8, 4) is 6.07 Å². The number of rotatable bonds is 3. The Hall–Kier alpha value is -2.34. The van der Waals surface area contributed by atoms with Crippen LogP contribution in [0.25, 0.3) is 0 Å². The van der Waals surface area contributed by atoms with E-state index in [1.807, 2.05) is 36.4 Å². The molecule has 0 spiro atoms. The maximum Gasteiger partial charge on any atom is 0.101 e. The Morgan fingerprint density at radius 3 is 2.59 bits per heavy atom. The molecule has 0 bridgehead atoms. The van der Waals surface area contributed by atoms with Crippen molar-refractivity contribution in [1.29, 1.82) is 5.26 Å². The number of pyridine rings is 1. The smallest absolute Gasteiger partial charge is 0.101 e. The molecule has 1 unspecified atom stereocenters. The molecular weight excluding hydrogens is 210 g/mol. The van der Waals surface area contributed by atoms with E-state index in [0.717, 1.165) is 11.3 Å². The summed E-state index contributed by atoms with van der Waals surface area (Å²) in [5.74, 6) is 0. The molecule has 0 aliphatic heterocycles. The van der Waals surface area contributed by atoms with E-state index < -0.39 is 0 Å². The Labute approximate surface area is 101 Å². The second kappa shape index (κ2) is 5.13. The average molecular weight is 223 g/mol. The van der Waals surface area contributed by atoms with Crippen molar-refractivity contribution in [2.45, 2.75) is 13.0 Å². The summed E-state index contributed by atoms with van der Waals surface area (Å²) in [7, 11) is 0. The number of nitrogens with zero attached hydrogens (tertiary/aromatic N) is 2. The van der Waals surface area contributed by atoms with Gasteiger partial charge in [-0.05, 0) is 36.8 Å². The first-order chi connectivity index (χ1) is 8.31. The van der Waals surface area contributed by atoms with Gasteiger partial charge < -0.3 is 5.32 Å². The van der Waals surface area contributed by atoms with Crippen LogP contribution in [0.3, 0.4) is 0 Å². The third-order valence-corrected chi connectivity index (χ3v) is 2.63. The molecule has 84 valence electrons. The minimum absolute atomic E-state index is 0.146. The third-order valence-electron chi connectivity index (χ3n) is 2.63. The lowest BCUT2D eigenvalue weighted by Gasteiger charge is -2.16. The molecule has 0 aliphatic rings. The first kappa shape index (κ1) is 11.2. The van der Waals surface area contributed by atoms with Crippen LogP contribution in [0.4, 0.5) is 5.69 Å². The summed E-state index contributed by atoms with van der Waals surface area (Å²) < 4.78 is 0. The summed E-state index contributed by atoms with van der Waals surface area (Å²) in [6.07, 6.45) is 3.54. The number of hydrogen-bond acceptors (Lipinski definition) is 3. The standard InChI is InChI=1S/C14H13N3/c1-11(12-6-8-16-9-7-12)17-14-5-3-2-4-13(14)10-15/h2-9,11,17H,1H3. The van der Waals surface area contributed by atoms with Crippen LogP contribution in [0.2, 0.25) is 0 Å². The van der Waals surface area contributed by atoms with Crippen molar-refractivity contribution < 1.29 is 0 Å². The van der Waals surface area contributed by atoms with Crippen molar-refractivity contribution >= 4 is 5.69 Å². The van der Waals surface area contributed by atoms with Gasteiger partial charge in [-0.2, -0.15) is 5.26 Å². The van der Waals surface area contributed by atoms with Crippen LogP contribution in [0.1, 0.15) is 24.1 Å². The molecule has 1 aromatic heterocycles. The molecule has 1 aromatic carbocycles. The van der Waals surface area contributed by atoms with E-state index in [-0.39, 0.29) is 6.04 Å². The summed E-state index contributed by atoms with van der Waals surface area (Å²) in [5.41, 5.74) is 2.67. The highest BCUT2D eigenvalue weighted by Gasteiger charge is 2.07. The minimum Gasteiger partial charge on any atom is -0.377 e. The van der Waals surface area contributed by atoms with Crippen LogP contribution in [0, 0.1) is 11.3 Å². The Morgan fingerprint density at radius 1 is 1.18 bits per heavy atom. The van der Waals surface area contributed by atoms with Crippen molar-refractivity contribution in [2.75, 3.05) is 5.32 Å². The zero-order valence-corrected chi connectivity index (χ0v) is 9.59. The van der Waals surface area contributed by atoms with E-state index >= 15 is 0 Å². The SMILES string of the molecule is CC(Nc1ccccc1C#N)c1ccncc1. The van der Waals surface area contributed by atoms with Gasteiger partial charge in [-0.3, -0.25) is 4.98 Å². The first-order valence-corrected chi connectivity index (χ1v) is 5.47. The fourth-order valence-electron chi connectivity index (χ4n) is 1.68. The Balaban J connectivity index is 2.19. The molecule has 3 nitrogen and oxygen atoms in total. The second-order valence-corrected chi connectivity index (χ2v) is 3.80. The van der Waals surface area contributed by atoms with Crippen LogP contribution in [-0.2, 0) is 0 Å². The fourth-order valence-corrected chi connectivity index (χ4v) is 1.68. The first-order valence-electron chi connectivity index (χ1n) is 5.47. The van der Waals surface area contributed by atoms with Gasteiger partial charge >= 0.3 is 0 Å². The molecule has 0 saturated heterocycles. The highest BCUT2D eigenvalue weighted by Crippen LogP contribution is 2.21. The van der Waals surface area contributed by atoms with E-state index in [9.17, 15) is 0 Å². The second-order valence-electron chi connectivity index (χ2n) is 3.80. The minimum atomic E-state index is 0.146. The molecular formula is C14H13N3. The highest BCUT2D eigenvalue weighted by atomic mass is 14.9. The molecule has 0 saturated carbocycles. The van der Waals surface area contributed by atoms with Gasteiger partial charge in [-0.25, -0.2) is 0 Å². The third kappa shape index (κ3) is 2.61. The van der Waals surface area contributed by atoms with Gasteiger partial charge in [-0.1, -0.05) is 12.1 Å². The normalized spacial score (nSPS) is 11.5. The summed E-state index contributed by atoms with van der Waals surface area (Å²) in [6, 6.07) is 13.8. The number of para-hydroxylation sites is 1. The summed E-state index contributed by atoms with van der Waals surface area (Å²) in [6.45, 7) is 2.06. The number of benzene rings is 1. The number of nitriles is 1. The predicted molar refractivity (Wildman–Crippen MR) is 67.4 cm³/mol. The van der Waals surface area contributed by atoms with Crippen LogP contribution in [0.5, 0.6) is 0 Å². The van der Waals surface area contributed by atoms with E-state index in [1.54, 1.807) is 12.4 Å². The molecule has 1 heterocycles. The van der Waals surface area contributed by atoms with Crippen LogP contribution in [0.15, 0.2) is 48.8 Å². The van der Waals surface area contributed by atoms with Gasteiger partial charge in [0.25, 0.3) is 0 Å². The molecule has 0 amide bonds. The highest BCUT2D eigenvalue weighted by molar-refractivity contribution is 5.58. The van der Waals surface area contributed by atoms with E-state index in [2.05, 4.69) is 23.3 Å². The van der Waals surface area contributed by atoms with Gasteiger partial charge in [0.1, 0.15) is 6.07 Å². The quantitative estimate of drug-likeness (QED) is 0.869. The molecule has 17 heavy (non-hydrogen) atoms. The number of aromatic nitrogens is 1. The van der Waals surface area contributed by atoms with Gasteiger partial charge in [0.2, 0.25) is 0 Å². The lowest BCUT2D eigenvalue weighted by atomic mass is 10.1. The zero-order valence-electron chi connectivity index (χ0n) is 9.59. The Kier molecular flexibility index (Phi) is 3.37. The summed E-state index contributed by atoms with van der Waals surface area (Å²) in [4.78, 5) is 3.99.